The largest absolute Gasteiger partial charge is 0.352 e. The summed E-state index contributed by atoms with van der Waals surface area (Å²) in [4.78, 5) is 14.7. The van der Waals surface area contributed by atoms with Gasteiger partial charge in [0, 0.05) is 37.2 Å². The predicted molar refractivity (Wildman–Crippen MR) is 102 cm³/mol. The number of halogens is 1. The molecule has 1 atom stereocenters. The van der Waals surface area contributed by atoms with Gasteiger partial charge in [-0.15, -0.1) is 0 Å². The van der Waals surface area contributed by atoms with Crippen LogP contribution in [0, 0.1) is 0 Å². The lowest BCUT2D eigenvalue weighted by atomic mass is 10.2. The highest BCUT2D eigenvalue weighted by Gasteiger charge is 2.32. The third kappa shape index (κ3) is 4.39. The lowest BCUT2D eigenvalue weighted by Crippen LogP contribution is -2.55. The summed E-state index contributed by atoms with van der Waals surface area (Å²) < 4.78 is 27.0. The number of rotatable bonds is 5. The van der Waals surface area contributed by atoms with Crippen molar-refractivity contribution in [3.05, 3.63) is 29.3 Å². The lowest BCUT2D eigenvalue weighted by Gasteiger charge is -2.37. The van der Waals surface area contributed by atoms with Crippen molar-refractivity contribution < 1.29 is 13.2 Å². The van der Waals surface area contributed by atoms with Crippen LogP contribution in [0.2, 0.25) is 5.02 Å². The van der Waals surface area contributed by atoms with E-state index in [1.807, 2.05) is 11.8 Å². The molecule has 0 spiro atoms. The van der Waals surface area contributed by atoms with Gasteiger partial charge in [-0.1, -0.05) is 30.5 Å². The number of benzene rings is 1. The monoisotopic (exact) mass is 399 g/mol. The zero-order chi connectivity index (χ0) is 18.7. The highest BCUT2D eigenvalue weighted by atomic mass is 35.5. The van der Waals surface area contributed by atoms with Crippen LogP contribution in [0.1, 0.15) is 32.6 Å². The molecule has 2 fully saturated rings. The standard InChI is InChI=1S/C18H26ClN3O3S/c1-14(18(23)20-16-6-2-3-7-16)21-9-11-22(12-10-21)26(24,25)17-8-4-5-15(19)13-17/h4-5,8,13-14,16H,2-3,6-7,9-12H2,1H3,(H,20,23)/t14-/m0/s1. The summed E-state index contributed by atoms with van der Waals surface area (Å²) in [6, 6.07) is 6.39. The number of sulfonamides is 1. The summed E-state index contributed by atoms with van der Waals surface area (Å²) in [5.74, 6) is 0.0445. The Labute approximate surface area is 160 Å². The second kappa shape index (κ2) is 8.25. The van der Waals surface area contributed by atoms with Crippen LogP contribution in [-0.2, 0) is 14.8 Å². The molecule has 3 rings (SSSR count). The topological polar surface area (TPSA) is 69.7 Å². The second-order valence-electron chi connectivity index (χ2n) is 7.06. The van der Waals surface area contributed by atoms with Gasteiger partial charge in [-0.25, -0.2) is 8.42 Å². The Morgan fingerprint density at radius 2 is 1.85 bits per heavy atom. The minimum Gasteiger partial charge on any atom is -0.352 e. The van der Waals surface area contributed by atoms with Crippen LogP contribution in [0.25, 0.3) is 0 Å². The number of hydrogen-bond donors (Lipinski definition) is 1. The third-order valence-electron chi connectivity index (χ3n) is 5.34. The lowest BCUT2D eigenvalue weighted by molar-refractivity contribution is -0.127. The van der Waals surface area contributed by atoms with E-state index in [4.69, 9.17) is 11.6 Å². The van der Waals surface area contributed by atoms with E-state index in [2.05, 4.69) is 5.32 Å². The van der Waals surface area contributed by atoms with Crippen molar-refractivity contribution in [2.45, 2.75) is 49.6 Å². The number of carbonyl (C=O) groups is 1. The van der Waals surface area contributed by atoms with E-state index in [9.17, 15) is 13.2 Å². The Kier molecular flexibility index (Phi) is 6.22. The second-order valence-corrected chi connectivity index (χ2v) is 9.44. The Morgan fingerprint density at radius 1 is 1.19 bits per heavy atom. The van der Waals surface area contributed by atoms with Crippen molar-refractivity contribution in [3.63, 3.8) is 0 Å². The minimum absolute atomic E-state index is 0.0445. The molecule has 1 amide bonds. The molecule has 8 heteroatoms. The van der Waals surface area contributed by atoms with E-state index in [-0.39, 0.29) is 16.8 Å². The maximum Gasteiger partial charge on any atom is 0.243 e. The van der Waals surface area contributed by atoms with E-state index in [1.165, 1.54) is 23.2 Å². The molecule has 1 N–H and O–H groups in total. The summed E-state index contributed by atoms with van der Waals surface area (Å²) in [7, 11) is -3.55. The van der Waals surface area contributed by atoms with E-state index in [0.29, 0.717) is 37.2 Å². The molecule has 144 valence electrons. The molecule has 1 aliphatic heterocycles. The third-order valence-corrected chi connectivity index (χ3v) is 7.47. The molecule has 0 bridgehead atoms. The normalized spacial score (nSPS) is 21.6. The zero-order valence-corrected chi connectivity index (χ0v) is 16.6. The summed E-state index contributed by atoms with van der Waals surface area (Å²) in [5, 5.41) is 3.53. The van der Waals surface area contributed by atoms with Gasteiger partial charge in [-0.3, -0.25) is 9.69 Å². The summed E-state index contributed by atoms with van der Waals surface area (Å²) in [5.41, 5.74) is 0. The van der Waals surface area contributed by atoms with Crippen LogP contribution < -0.4 is 5.32 Å². The molecule has 2 aliphatic rings. The molecule has 6 nitrogen and oxygen atoms in total. The van der Waals surface area contributed by atoms with Crippen LogP contribution >= 0.6 is 11.6 Å². The molecule has 1 saturated heterocycles. The van der Waals surface area contributed by atoms with Gasteiger partial charge in [0.2, 0.25) is 15.9 Å². The summed E-state index contributed by atoms with van der Waals surface area (Å²) in [6.07, 6.45) is 4.48. The SMILES string of the molecule is C[C@@H](C(=O)NC1CCCC1)N1CCN(S(=O)(=O)c2cccc(Cl)c2)CC1. The first-order valence-corrected chi connectivity index (χ1v) is 11.0. The molecule has 0 aromatic heterocycles. The first kappa shape index (κ1) is 19.6. The molecule has 1 saturated carbocycles. The van der Waals surface area contributed by atoms with Gasteiger partial charge in [0.1, 0.15) is 0 Å². The average Bonchev–Trinajstić information content (AvgIpc) is 3.14. The number of amides is 1. The zero-order valence-electron chi connectivity index (χ0n) is 15.0. The quantitative estimate of drug-likeness (QED) is 0.823. The minimum atomic E-state index is -3.55. The maximum atomic E-state index is 12.7. The number of piperazine rings is 1. The fourth-order valence-corrected chi connectivity index (χ4v) is 5.39. The Morgan fingerprint density at radius 3 is 2.46 bits per heavy atom. The molecule has 1 aromatic rings. The van der Waals surface area contributed by atoms with Crippen molar-refractivity contribution in [1.82, 2.24) is 14.5 Å². The number of nitrogens with zero attached hydrogens (tertiary/aromatic N) is 2. The van der Waals surface area contributed by atoms with Gasteiger partial charge < -0.3 is 5.32 Å². The average molecular weight is 400 g/mol. The first-order valence-electron chi connectivity index (χ1n) is 9.18. The van der Waals surface area contributed by atoms with Crippen LogP contribution in [0.3, 0.4) is 0 Å². The molecule has 1 aliphatic carbocycles. The molecule has 26 heavy (non-hydrogen) atoms. The first-order chi connectivity index (χ1) is 12.4. The van der Waals surface area contributed by atoms with Crippen LogP contribution in [0.15, 0.2) is 29.2 Å². The summed E-state index contributed by atoms with van der Waals surface area (Å²) >= 11 is 5.92. The van der Waals surface area contributed by atoms with Crippen LogP contribution in [-0.4, -0.2) is 61.8 Å². The van der Waals surface area contributed by atoms with Crippen molar-refractivity contribution in [3.8, 4) is 0 Å². The van der Waals surface area contributed by atoms with Crippen molar-refractivity contribution >= 4 is 27.5 Å². The van der Waals surface area contributed by atoms with Gasteiger partial charge in [-0.05, 0) is 38.0 Å². The van der Waals surface area contributed by atoms with E-state index in [1.54, 1.807) is 18.2 Å². The molecule has 1 aromatic carbocycles. The highest BCUT2D eigenvalue weighted by Crippen LogP contribution is 2.22. The summed E-state index contributed by atoms with van der Waals surface area (Å²) in [6.45, 7) is 3.72. The van der Waals surface area contributed by atoms with Gasteiger partial charge in [-0.2, -0.15) is 4.31 Å². The highest BCUT2D eigenvalue weighted by molar-refractivity contribution is 7.89. The molecule has 1 heterocycles. The fourth-order valence-electron chi connectivity index (χ4n) is 3.67. The predicted octanol–water partition coefficient (Wildman–Crippen LogP) is 2.09. The van der Waals surface area contributed by atoms with Crippen LogP contribution in [0.4, 0.5) is 0 Å². The van der Waals surface area contributed by atoms with Gasteiger partial charge in [0.05, 0.1) is 10.9 Å². The van der Waals surface area contributed by atoms with Gasteiger partial charge >= 0.3 is 0 Å². The number of hydrogen-bond acceptors (Lipinski definition) is 4. The molecule has 0 radical (unpaired) electrons. The molecular weight excluding hydrogens is 374 g/mol. The van der Waals surface area contributed by atoms with E-state index < -0.39 is 10.0 Å². The molecular formula is C18H26ClN3O3S. The van der Waals surface area contributed by atoms with Crippen LogP contribution in [0.5, 0.6) is 0 Å². The van der Waals surface area contributed by atoms with E-state index >= 15 is 0 Å². The Bertz CT molecular complexity index is 742. The van der Waals surface area contributed by atoms with Crippen molar-refractivity contribution in [1.29, 1.82) is 0 Å². The number of carbonyl (C=O) groups excluding carboxylic acids is 1. The Balaban J connectivity index is 1.57. The van der Waals surface area contributed by atoms with Gasteiger partial charge in [0.15, 0.2) is 0 Å². The van der Waals surface area contributed by atoms with Crippen molar-refractivity contribution in [2.75, 3.05) is 26.2 Å². The van der Waals surface area contributed by atoms with E-state index in [0.717, 1.165) is 12.8 Å². The van der Waals surface area contributed by atoms with Crippen molar-refractivity contribution in [2.24, 2.45) is 0 Å². The fraction of sp³-hybridized carbons (Fsp3) is 0.611. The smallest absolute Gasteiger partial charge is 0.243 e. The van der Waals surface area contributed by atoms with Gasteiger partial charge in [0.25, 0.3) is 0 Å². The number of nitrogens with one attached hydrogen (secondary N) is 1. The Hall–Kier alpha value is -1.15. The maximum absolute atomic E-state index is 12.7. The molecule has 0 unspecified atom stereocenters.